The van der Waals surface area contributed by atoms with Gasteiger partial charge in [-0.05, 0) is 68.3 Å². The molecule has 2 aromatic rings. The van der Waals surface area contributed by atoms with E-state index < -0.39 is 11.7 Å². The number of amides is 1. The van der Waals surface area contributed by atoms with E-state index in [9.17, 15) is 4.79 Å². The third-order valence-electron chi connectivity index (χ3n) is 2.87. The highest BCUT2D eigenvalue weighted by Gasteiger charge is 2.15. The maximum atomic E-state index is 11.3. The van der Waals surface area contributed by atoms with Gasteiger partial charge in [0.1, 0.15) is 17.1 Å². The minimum Gasteiger partial charge on any atom is -0.508 e. The SMILES string of the molecule is CC(C)(C)OC(=O)NCc1ccc(O)cc1.O/N=C/c1ccc(O)cc1. The van der Waals surface area contributed by atoms with Gasteiger partial charge in [-0.25, -0.2) is 4.79 Å². The fourth-order valence-corrected chi connectivity index (χ4v) is 1.73. The smallest absolute Gasteiger partial charge is 0.407 e. The standard InChI is InChI=1S/C12H17NO3.C7H7NO2/c1-12(2,3)16-11(15)13-8-9-4-6-10(14)7-5-9;9-7-3-1-6(2-4-7)5-8-10/h4-7,14H,8H2,1-3H3,(H,13,15);1-5,9-10H/b;8-5+. The maximum Gasteiger partial charge on any atom is 0.407 e. The first kappa shape index (κ1) is 20.8. The zero-order valence-corrected chi connectivity index (χ0v) is 15.0. The molecule has 4 N–H and O–H groups in total. The van der Waals surface area contributed by atoms with Gasteiger partial charge >= 0.3 is 6.09 Å². The Kier molecular flexibility index (Phi) is 7.95. The quantitative estimate of drug-likeness (QED) is 0.379. The van der Waals surface area contributed by atoms with E-state index in [1.165, 1.54) is 18.3 Å². The van der Waals surface area contributed by atoms with Gasteiger partial charge in [0.15, 0.2) is 0 Å². The molecule has 140 valence electrons. The van der Waals surface area contributed by atoms with Gasteiger partial charge in [-0.1, -0.05) is 17.3 Å². The monoisotopic (exact) mass is 360 g/mol. The predicted molar refractivity (Wildman–Crippen MR) is 98.7 cm³/mol. The number of nitrogens with zero attached hydrogens (tertiary/aromatic N) is 1. The van der Waals surface area contributed by atoms with Crippen molar-refractivity contribution in [1.29, 1.82) is 0 Å². The molecule has 0 fully saturated rings. The van der Waals surface area contributed by atoms with Crippen molar-refractivity contribution in [2.45, 2.75) is 32.9 Å². The number of benzene rings is 2. The number of carbonyl (C=O) groups is 1. The van der Waals surface area contributed by atoms with Gasteiger partial charge < -0.3 is 25.5 Å². The molecule has 0 bridgehead atoms. The van der Waals surface area contributed by atoms with Crippen molar-refractivity contribution >= 4 is 12.3 Å². The van der Waals surface area contributed by atoms with Gasteiger partial charge in [0, 0.05) is 6.54 Å². The number of carbonyl (C=O) groups excluding carboxylic acids is 1. The third-order valence-corrected chi connectivity index (χ3v) is 2.87. The highest BCUT2D eigenvalue weighted by molar-refractivity contribution is 5.79. The Morgan fingerprint density at radius 1 is 1.04 bits per heavy atom. The number of rotatable bonds is 3. The van der Waals surface area contributed by atoms with Crippen LogP contribution >= 0.6 is 0 Å². The Morgan fingerprint density at radius 2 is 1.54 bits per heavy atom. The van der Waals surface area contributed by atoms with E-state index in [-0.39, 0.29) is 11.5 Å². The molecule has 1 amide bonds. The highest BCUT2D eigenvalue weighted by atomic mass is 16.6. The Labute approximate surface area is 152 Å². The van der Waals surface area contributed by atoms with Crippen LogP contribution < -0.4 is 5.32 Å². The average molecular weight is 360 g/mol. The fraction of sp³-hybridized carbons (Fsp3) is 0.263. The molecule has 7 nitrogen and oxygen atoms in total. The summed E-state index contributed by atoms with van der Waals surface area (Å²) in [6.07, 6.45) is 0.847. The number of aromatic hydroxyl groups is 2. The van der Waals surface area contributed by atoms with E-state index in [0.717, 1.165) is 11.1 Å². The zero-order chi connectivity index (χ0) is 19.6. The summed E-state index contributed by atoms with van der Waals surface area (Å²) < 4.78 is 5.08. The normalized spacial score (nSPS) is 10.7. The van der Waals surface area contributed by atoms with Crippen LogP contribution in [-0.4, -0.2) is 33.3 Å². The Morgan fingerprint density at radius 3 is 2.00 bits per heavy atom. The van der Waals surface area contributed by atoms with Crippen LogP contribution in [0.15, 0.2) is 53.7 Å². The molecule has 26 heavy (non-hydrogen) atoms. The molecule has 0 heterocycles. The largest absolute Gasteiger partial charge is 0.508 e. The lowest BCUT2D eigenvalue weighted by molar-refractivity contribution is 0.0523. The number of phenols is 2. The van der Waals surface area contributed by atoms with Crippen molar-refractivity contribution in [1.82, 2.24) is 5.32 Å². The minimum absolute atomic E-state index is 0.204. The number of hydrogen-bond donors (Lipinski definition) is 4. The number of oxime groups is 1. The minimum atomic E-state index is -0.487. The van der Waals surface area contributed by atoms with Crippen molar-refractivity contribution in [3.8, 4) is 11.5 Å². The average Bonchev–Trinajstić information content (AvgIpc) is 2.56. The number of phenolic OH excluding ortho intramolecular Hbond substituents is 2. The van der Waals surface area contributed by atoms with Crippen LogP contribution in [0.4, 0.5) is 4.79 Å². The van der Waals surface area contributed by atoms with E-state index in [4.69, 9.17) is 20.2 Å². The Bertz CT molecular complexity index is 704. The van der Waals surface area contributed by atoms with Crippen molar-refractivity contribution in [2.75, 3.05) is 0 Å². The van der Waals surface area contributed by atoms with Gasteiger partial charge in [0.25, 0.3) is 0 Å². The highest BCUT2D eigenvalue weighted by Crippen LogP contribution is 2.10. The van der Waals surface area contributed by atoms with E-state index in [1.54, 1.807) is 36.4 Å². The summed E-state index contributed by atoms with van der Waals surface area (Å²) in [4.78, 5) is 11.3. The first-order valence-corrected chi connectivity index (χ1v) is 7.91. The molecular weight excluding hydrogens is 336 g/mol. The van der Waals surface area contributed by atoms with E-state index >= 15 is 0 Å². The van der Waals surface area contributed by atoms with Gasteiger partial charge in [0.2, 0.25) is 0 Å². The molecule has 0 radical (unpaired) electrons. The van der Waals surface area contributed by atoms with Crippen molar-refractivity contribution in [3.63, 3.8) is 0 Å². The second-order valence-corrected chi connectivity index (χ2v) is 6.36. The van der Waals surface area contributed by atoms with Crippen molar-refractivity contribution < 1.29 is 25.0 Å². The molecule has 0 saturated carbocycles. The third kappa shape index (κ3) is 9.17. The van der Waals surface area contributed by atoms with Crippen LogP contribution in [0, 0.1) is 0 Å². The van der Waals surface area contributed by atoms with E-state index in [0.29, 0.717) is 6.54 Å². The fourth-order valence-electron chi connectivity index (χ4n) is 1.73. The Balaban J connectivity index is 0.000000289. The molecule has 0 spiro atoms. The molecule has 0 aliphatic rings. The van der Waals surface area contributed by atoms with E-state index in [2.05, 4.69) is 10.5 Å². The number of ether oxygens (including phenoxy) is 1. The number of nitrogens with one attached hydrogen (secondary N) is 1. The number of alkyl carbamates (subject to hydrolysis) is 1. The molecule has 0 aliphatic heterocycles. The summed E-state index contributed by atoms with van der Waals surface area (Å²) in [5.74, 6) is 0.413. The summed E-state index contributed by atoms with van der Waals surface area (Å²) in [6, 6.07) is 13.0. The van der Waals surface area contributed by atoms with Gasteiger partial charge in [0.05, 0.1) is 6.21 Å². The second-order valence-electron chi connectivity index (χ2n) is 6.36. The second kappa shape index (κ2) is 9.93. The Hall–Kier alpha value is -3.22. The van der Waals surface area contributed by atoms with Crippen LogP contribution in [0.3, 0.4) is 0 Å². The molecule has 2 aromatic carbocycles. The molecule has 7 heteroatoms. The van der Waals surface area contributed by atoms with E-state index in [1.807, 2.05) is 20.8 Å². The summed E-state index contributed by atoms with van der Waals surface area (Å²) >= 11 is 0. The maximum absolute atomic E-state index is 11.3. The molecule has 0 aliphatic carbocycles. The zero-order valence-electron chi connectivity index (χ0n) is 15.0. The lowest BCUT2D eigenvalue weighted by Crippen LogP contribution is -2.32. The van der Waals surface area contributed by atoms with Crippen LogP contribution in [0.5, 0.6) is 11.5 Å². The first-order valence-electron chi connectivity index (χ1n) is 7.91. The summed E-state index contributed by atoms with van der Waals surface area (Å²) in [5.41, 5.74) is 1.17. The van der Waals surface area contributed by atoms with Crippen LogP contribution in [0.1, 0.15) is 31.9 Å². The van der Waals surface area contributed by atoms with Gasteiger partial charge in [-0.15, -0.1) is 0 Å². The molecule has 0 unspecified atom stereocenters. The summed E-state index contributed by atoms with van der Waals surface area (Å²) in [5, 5.41) is 31.4. The van der Waals surface area contributed by atoms with Crippen LogP contribution in [-0.2, 0) is 11.3 Å². The lowest BCUT2D eigenvalue weighted by atomic mass is 10.2. The predicted octanol–water partition coefficient (Wildman–Crippen LogP) is 3.62. The lowest BCUT2D eigenvalue weighted by Gasteiger charge is -2.19. The summed E-state index contributed by atoms with van der Waals surface area (Å²) in [6.45, 7) is 5.82. The van der Waals surface area contributed by atoms with Crippen LogP contribution in [0.25, 0.3) is 0 Å². The van der Waals surface area contributed by atoms with Crippen molar-refractivity contribution in [2.24, 2.45) is 5.16 Å². The molecule has 2 rings (SSSR count). The first-order chi connectivity index (χ1) is 12.2. The summed E-state index contributed by atoms with van der Waals surface area (Å²) in [7, 11) is 0. The van der Waals surface area contributed by atoms with Crippen molar-refractivity contribution in [3.05, 3.63) is 59.7 Å². The molecule has 0 aromatic heterocycles. The molecule has 0 saturated heterocycles. The number of hydrogen-bond acceptors (Lipinski definition) is 6. The van der Waals surface area contributed by atoms with Gasteiger partial charge in [-0.2, -0.15) is 0 Å². The molecule has 0 atom stereocenters. The van der Waals surface area contributed by atoms with Crippen LogP contribution in [0.2, 0.25) is 0 Å². The topological polar surface area (TPSA) is 111 Å². The van der Waals surface area contributed by atoms with Gasteiger partial charge in [-0.3, -0.25) is 0 Å². The molecular formula is C19H24N2O5.